The van der Waals surface area contributed by atoms with Crippen molar-refractivity contribution in [1.82, 2.24) is 4.98 Å². The molecular formula is C10H16N2O2S. The molecule has 0 aliphatic rings. The van der Waals surface area contributed by atoms with Crippen molar-refractivity contribution in [3.63, 3.8) is 0 Å². The predicted octanol–water partition coefficient (Wildman–Crippen LogP) is 1.27. The fourth-order valence-corrected chi connectivity index (χ4v) is 1.90. The Balaban J connectivity index is 2.30. The number of carbonyl (C=O) groups is 1. The van der Waals surface area contributed by atoms with E-state index in [-0.39, 0.29) is 12.0 Å². The summed E-state index contributed by atoms with van der Waals surface area (Å²) in [5.41, 5.74) is 6.88. The molecule has 4 nitrogen and oxygen atoms in total. The molecule has 0 saturated carbocycles. The van der Waals surface area contributed by atoms with Gasteiger partial charge < -0.3 is 10.5 Å². The highest BCUT2D eigenvalue weighted by atomic mass is 32.1. The van der Waals surface area contributed by atoms with Gasteiger partial charge in [0.1, 0.15) is 0 Å². The van der Waals surface area contributed by atoms with Crippen molar-refractivity contribution in [2.75, 3.05) is 7.11 Å². The van der Waals surface area contributed by atoms with E-state index in [9.17, 15) is 4.79 Å². The topological polar surface area (TPSA) is 65.2 Å². The zero-order valence-electron chi connectivity index (χ0n) is 9.03. The minimum Gasteiger partial charge on any atom is -0.469 e. The SMILES string of the molecule is COC(=O)CCC(N)Cc1csc(C)n1. The van der Waals surface area contributed by atoms with E-state index in [0.717, 1.165) is 17.1 Å². The van der Waals surface area contributed by atoms with E-state index in [1.807, 2.05) is 12.3 Å². The molecule has 5 heteroatoms. The maximum absolute atomic E-state index is 10.9. The number of thiazole rings is 1. The van der Waals surface area contributed by atoms with E-state index in [1.54, 1.807) is 11.3 Å². The first-order valence-electron chi connectivity index (χ1n) is 4.85. The van der Waals surface area contributed by atoms with Crippen LogP contribution in [0.15, 0.2) is 5.38 Å². The molecule has 1 heterocycles. The van der Waals surface area contributed by atoms with Crippen molar-refractivity contribution in [2.24, 2.45) is 5.73 Å². The van der Waals surface area contributed by atoms with Gasteiger partial charge in [0.2, 0.25) is 0 Å². The van der Waals surface area contributed by atoms with Crippen LogP contribution in [-0.2, 0) is 16.0 Å². The smallest absolute Gasteiger partial charge is 0.305 e. The highest BCUT2D eigenvalue weighted by Gasteiger charge is 2.09. The Kier molecular flexibility index (Phi) is 4.71. The molecule has 0 amide bonds. The number of ether oxygens (including phenoxy) is 1. The molecule has 1 rings (SSSR count). The van der Waals surface area contributed by atoms with Gasteiger partial charge >= 0.3 is 5.97 Å². The second kappa shape index (κ2) is 5.82. The molecule has 1 aromatic heterocycles. The monoisotopic (exact) mass is 228 g/mol. The fourth-order valence-electron chi connectivity index (χ4n) is 1.28. The van der Waals surface area contributed by atoms with Gasteiger partial charge in [-0.3, -0.25) is 4.79 Å². The van der Waals surface area contributed by atoms with Gasteiger partial charge in [-0.1, -0.05) is 0 Å². The first-order chi connectivity index (χ1) is 7.11. The van der Waals surface area contributed by atoms with Gasteiger partial charge in [0.15, 0.2) is 0 Å². The number of esters is 1. The molecule has 84 valence electrons. The number of aryl methyl sites for hydroxylation is 1. The zero-order chi connectivity index (χ0) is 11.3. The molecule has 1 atom stereocenters. The number of rotatable bonds is 5. The van der Waals surface area contributed by atoms with Crippen LogP contribution in [0.3, 0.4) is 0 Å². The summed E-state index contributed by atoms with van der Waals surface area (Å²) in [7, 11) is 1.39. The fraction of sp³-hybridized carbons (Fsp3) is 0.600. The van der Waals surface area contributed by atoms with Crippen molar-refractivity contribution >= 4 is 17.3 Å². The summed E-state index contributed by atoms with van der Waals surface area (Å²) in [5, 5.41) is 3.05. The van der Waals surface area contributed by atoms with Crippen LogP contribution in [0.5, 0.6) is 0 Å². The lowest BCUT2D eigenvalue weighted by Crippen LogP contribution is -2.24. The first kappa shape index (κ1) is 12.1. The summed E-state index contributed by atoms with van der Waals surface area (Å²) in [5.74, 6) is -0.208. The van der Waals surface area contributed by atoms with Crippen LogP contribution >= 0.6 is 11.3 Å². The Bertz CT molecular complexity index is 325. The summed E-state index contributed by atoms with van der Waals surface area (Å²) >= 11 is 1.62. The third-order valence-corrected chi connectivity index (χ3v) is 2.91. The minimum atomic E-state index is -0.208. The van der Waals surface area contributed by atoms with Gasteiger partial charge in [0.25, 0.3) is 0 Å². The van der Waals surface area contributed by atoms with Gasteiger partial charge in [-0.25, -0.2) is 4.98 Å². The van der Waals surface area contributed by atoms with Gasteiger partial charge in [0.05, 0.1) is 17.8 Å². The van der Waals surface area contributed by atoms with Gasteiger partial charge in [-0.15, -0.1) is 11.3 Å². The molecule has 0 bridgehead atoms. The number of hydrogen-bond acceptors (Lipinski definition) is 5. The highest BCUT2D eigenvalue weighted by molar-refractivity contribution is 7.09. The summed E-state index contributed by atoms with van der Waals surface area (Å²) in [4.78, 5) is 15.2. The second-order valence-corrected chi connectivity index (χ2v) is 4.50. The van der Waals surface area contributed by atoms with Crippen LogP contribution in [0, 0.1) is 6.92 Å². The van der Waals surface area contributed by atoms with Crippen molar-refractivity contribution in [1.29, 1.82) is 0 Å². The molecule has 1 unspecified atom stereocenters. The van der Waals surface area contributed by atoms with Crippen LogP contribution < -0.4 is 5.73 Å². The van der Waals surface area contributed by atoms with Gasteiger partial charge in [-0.2, -0.15) is 0 Å². The van der Waals surface area contributed by atoms with Crippen LogP contribution in [0.25, 0.3) is 0 Å². The molecule has 2 N–H and O–H groups in total. The first-order valence-corrected chi connectivity index (χ1v) is 5.73. The Morgan fingerprint density at radius 1 is 1.73 bits per heavy atom. The van der Waals surface area contributed by atoms with E-state index in [1.165, 1.54) is 7.11 Å². The lowest BCUT2D eigenvalue weighted by atomic mass is 10.1. The minimum absolute atomic E-state index is 0.0226. The third kappa shape index (κ3) is 4.40. The summed E-state index contributed by atoms with van der Waals surface area (Å²) in [6.45, 7) is 1.97. The maximum Gasteiger partial charge on any atom is 0.305 e. The number of nitrogens with zero attached hydrogens (tertiary/aromatic N) is 1. The maximum atomic E-state index is 10.9. The van der Waals surface area contributed by atoms with Gasteiger partial charge in [-0.05, 0) is 13.3 Å². The van der Waals surface area contributed by atoms with Gasteiger partial charge in [0, 0.05) is 24.3 Å². The van der Waals surface area contributed by atoms with Crippen molar-refractivity contribution in [2.45, 2.75) is 32.2 Å². The molecule has 15 heavy (non-hydrogen) atoms. The van der Waals surface area contributed by atoms with Crippen LogP contribution in [0.1, 0.15) is 23.5 Å². The average molecular weight is 228 g/mol. The van der Waals surface area contributed by atoms with Crippen LogP contribution in [0.2, 0.25) is 0 Å². The van der Waals surface area contributed by atoms with E-state index < -0.39 is 0 Å². The number of hydrogen-bond donors (Lipinski definition) is 1. The second-order valence-electron chi connectivity index (χ2n) is 3.44. The van der Waals surface area contributed by atoms with E-state index in [2.05, 4.69) is 9.72 Å². The number of carbonyl (C=O) groups excluding carboxylic acids is 1. The standard InChI is InChI=1S/C10H16N2O2S/c1-7-12-9(6-15-7)5-8(11)3-4-10(13)14-2/h6,8H,3-5,11H2,1-2H3. The Morgan fingerprint density at radius 2 is 2.47 bits per heavy atom. The summed E-state index contributed by atoms with van der Waals surface area (Å²) in [6.07, 6.45) is 1.74. The lowest BCUT2D eigenvalue weighted by Gasteiger charge is -2.08. The average Bonchev–Trinajstić information content (AvgIpc) is 2.60. The molecule has 1 aromatic rings. The Labute approximate surface area is 93.5 Å². The van der Waals surface area contributed by atoms with E-state index >= 15 is 0 Å². The molecule has 0 spiro atoms. The quantitative estimate of drug-likeness (QED) is 0.771. The molecule has 0 radical (unpaired) electrons. The van der Waals surface area contributed by atoms with Crippen LogP contribution in [-0.4, -0.2) is 24.1 Å². The molecule has 0 fully saturated rings. The molecular weight excluding hydrogens is 212 g/mol. The molecule has 0 saturated heterocycles. The zero-order valence-corrected chi connectivity index (χ0v) is 9.84. The van der Waals surface area contributed by atoms with Crippen molar-refractivity contribution < 1.29 is 9.53 Å². The van der Waals surface area contributed by atoms with Crippen LogP contribution in [0.4, 0.5) is 0 Å². The predicted molar refractivity (Wildman–Crippen MR) is 59.8 cm³/mol. The van der Waals surface area contributed by atoms with E-state index in [0.29, 0.717) is 12.8 Å². The van der Waals surface area contributed by atoms with E-state index in [4.69, 9.17) is 5.73 Å². The van der Waals surface area contributed by atoms with Crippen molar-refractivity contribution in [3.8, 4) is 0 Å². The number of methoxy groups -OCH3 is 1. The number of aromatic nitrogens is 1. The Hall–Kier alpha value is -0.940. The highest BCUT2D eigenvalue weighted by Crippen LogP contribution is 2.11. The van der Waals surface area contributed by atoms with Crippen molar-refractivity contribution in [3.05, 3.63) is 16.1 Å². The summed E-state index contributed by atoms with van der Waals surface area (Å²) < 4.78 is 4.55. The molecule has 0 aliphatic carbocycles. The third-order valence-electron chi connectivity index (χ3n) is 2.08. The normalized spacial score (nSPS) is 12.5. The molecule has 0 aliphatic heterocycles. The largest absolute Gasteiger partial charge is 0.469 e. The lowest BCUT2D eigenvalue weighted by molar-refractivity contribution is -0.140. The number of nitrogens with two attached hydrogens (primary N) is 1. The molecule has 0 aromatic carbocycles. The summed E-state index contributed by atoms with van der Waals surface area (Å²) in [6, 6.07) is -0.0226. The Morgan fingerprint density at radius 3 is 3.00 bits per heavy atom.